The fourth-order valence-corrected chi connectivity index (χ4v) is 3.77. The number of fused-ring (bicyclic) bond motifs is 2. The monoisotopic (exact) mass is 327 g/mol. The van der Waals surface area contributed by atoms with Crippen LogP contribution in [0.25, 0.3) is 11.0 Å². The van der Waals surface area contributed by atoms with Crippen LogP contribution in [-0.2, 0) is 16.1 Å². The van der Waals surface area contributed by atoms with E-state index < -0.39 is 12.0 Å². The molecule has 7 heteroatoms. The molecule has 0 aromatic carbocycles. The first-order chi connectivity index (χ1) is 11.5. The quantitative estimate of drug-likeness (QED) is 0.855. The van der Waals surface area contributed by atoms with Crippen molar-refractivity contribution in [3.05, 3.63) is 30.1 Å². The van der Waals surface area contributed by atoms with Crippen molar-refractivity contribution in [1.29, 1.82) is 0 Å². The number of aliphatic carboxylic acids is 1. The number of ketones is 1. The molecule has 4 rings (SSSR count). The molecule has 3 atom stereocenters. The lowest BCUT2D eigenvalue weighted by molar-refractivity contribution is -0.149. The predicted octanol–water partition coefficient (Wildman–Crippen LogP) is 1.31. The number of nitrogens with zero attached hydrogens (tertiary/aromatic N) is 3. The van der Waals surface area contributed by atoms with Crippen molar-refractivity contribution in [2.24, 2.45) is 5.92 Å². The van der Waals surface area contributed by atoms with E-state index in [4.69, 9.17) is 0 Å². The zero-order chi connectivity index (χ0) is 17.0. The van der Waals surface area contributed by atoms with Crippen LogP contribution >= 0.6 is 0 Å². The first-order valence-electron chi connectivity index (χ1n) is 7.96. The van der Waals surface area contributed by atoms with Crippen molar-refractivity contribution in [3.63, 3.8) is 0 Å². The number of aromatic nitrogens is 2. The van der Waals surface area contributed by atoms with E-state index in [9.17, 15) is 19.5 Å². The highest BCUT2D eigenvalue weighted by Crippen LogP contribution is 2.48. The molecule has 24 heavy (non-hydrogen) atoms. The topological polar surface area (TPSA) is 92.5 Å². The standard InChI is InChI=1S/C17H17N3O4/c1-9(21)11-7-19(12-3-2-4-18-16(11)12)8-15(22)20-13-5-10(13)6-14(20)17(23)24/h2-4,7,10,13-14H,5-6,8H2,1H3,(H,23,24)/t10-,13-,14+/m1/s1. The molecule has 1 aliphatic carbocycles. The van der Waals surface area contributed by atoms with E-state index in [0.29, 0.717) is 28.9 Å². The van der Waals surface area contributed by atoms with Crippen molar-refractivity contribution in [3.8, 4) is 0 Å². The summed E-state index contributed by atoms with van der Waals surface area (Å²) in [6.45, 7) is 1.48. The third-order valence-electron chi connectivity index (χ3n) is 5.00. The molecule has 7 nitrogen and oxygen atoms in total. The number of rotatable bonds is 4. The molecule has 1 saturated heterocycles. The lowest BCUT2D eigenvalue weighted by atomic mass is 10.1. The van der Waals surface area contributed by atoms with Crippen LogP contribution in [0.5, 0.6) is 0 Å². The summed E-state index contributed by atoms with van der Waals surface area (Å²) >= 11 is 0. The smallest absolute Gasteiger partial charge is 0.326 e. The molecule has 2 fully saturated rings. The Morgan fingerprint density at radius 1 is 1.33 bits per heavy atom. The van der Waals surface area contributed by atoms with Gasteiger partial charge in [0.05, 0.1) is 16.6 Å². The first kappa shape index (κ1) is 14.9. The molecule has 0 unspecified atom stereocenters. The highest BCUT2D eigenvalue weighted by atomic mass is 16.4. The normalized spacial score (nSPS) is 24.9. The summed E-state index contributed by atoms with van der Waals surface area (Å²) in [4.78, 5) is 41.6. The molecule has 0 radical (unpaired) electrons. The highest BCUT2D eigenvalue weighted by Gasteiger charge is 2.56. The summed E-state index contributed by atoms with van der Waals surface area (Å²) in [5.41, 5.74) is 1.74. The molecule has 0 spiro atoms. The molecular formula is C17H17N3O4. The number of pyridine rings is 1. The Labute approximate surface area is 137 Å². The maximum Gasteiger partial charge on any atom is 0.326 e. The summed E-state index contributed by atoms with van der Waals surface area (Å²) in [5.74, 6) is -0.954. The maximum atomic E-state index is 12.7. The number of carboxylic acid groups (broad SMARTS) is 1. The van der Waals surface area contributed by atoms with Gasteiger partial charge in [0, 0.05) is 18.4 Å². The zero-order valence-corrected chi connectivity index (χ0v) is 13.2. The van der Waals surface area contributed by atoms with Gasteiger partial charge in [-0.15, -0.1) is 0 Å². The second-order valence-electron chi connectivity index (χ2n) is 6.55. The van der Waals surface area contributed by atoms with Crippen LogP contribution in [0.2, 0.25) is 0 Å². The first-order valence-corrected chi connectivity index (χ1v) is 7.96. The largest absolute Gasteiger partial charge is 0.480 e. The second-order valence-corrected chi connectivity index (χ2v) is 6.55. The average molecular weight is 327 g/mol. The summed E-state index contributed by atoms with van der Waals surface area (Å²) in [6, 6.07) is 2.89. The minimum atomic E-state index is -0.945. The van der Waals surface area contributed by atoms with Gasteiger partial charge in [-0.2, -0.15) is 0 Å². The van der Waals surface area contributed by atoms with E-state index in [2.05, 4.69) is 4.98 Å². The Morgan fingerprint density at radius 3 is 2.83 bits per heavy atom. The fourth-order valence-electron chi connectivity index (χ4n) is 3.77. The van der Waals surface area contributed by atoms with Gasteiger partial charge in [0.2, 0.25) is 5.91 Å². The number of amides is 1. The minimum absolute atomic E-state index is 0.0163. The van der Waals surface area contributed by atoms with E-state index in [0.717, 1.165) is 6.42 Å². The molecule has 2 aromatic rings. The van der Waals surface area contributed by atoms with E-state index in [1.165, 1.54) is 11.8 Å². The number of carbonyl (C=O) groups excluding carboxylic acids is 2. The number of carbonyl (C=O) groups is 3. The van der Waals surface area contributed by atoms with Gasteiger partial charge in [-0.3, -0.25) is 14.6 Å². The lowest BCUT2D eigenvalue weighted by Gasteiger charge is -2.24. The van der Waals surface area contributed by atoms with E-state index in [1.807, 2.05) is 0 Å². The van der Waals surface area contributed by atoms with Crippen LogP contribution in [0, 0.1) is 5.92 Å². The Bertz CT molecular complexity index is 872. The van der Waals surface area contributed by atoms with Crippen LogP contribution in [0.4, 0.5) is 0 Å². The number of carboxylic acids is 1. The van der Waals surface area contributed by atoms with Crippen molar-refractivity contribution >= 4 is 28.7 Å². The van der Waals surface area contributed by atoms with Gasteiger partial charge < -0.3 is 14.6 Å². The van der Waals surface area contributed by atoms with Gasteiger partial charge in [0.15, 0.2) is 5.78 Å². The third-order valence-corrected chi connectivity index (χ3v) is 5.00. The molecule has 1 amide bonds. The number of Topliss-reactive ketones (excluding diaryl/α,β-unsaturated/α-hetero) is 1. The molecule has 2 aromatic heterocycles. The Balaban J connectivity index is 1.66. The van der Waals surface area contributed by atoms with Crippen LogP contribution < -0.4 is 0 Å². The van der Waals surface area contributed by atoms with Crippen LogP contribution in [0.15, 0.2) is 24.5 Å². The van der Waals surface area contributed by atoms with Gasteiger partial charge in [0.25, 0.3) is 0 Å². The number of piperidine rings is 1. The van der Waals surface area contributed by atoms with Crippen LogP contribution in [-0.4, -0.2) is 49.3 Å². The van der Waals surface area contributed by atoms with Crippen molar-refractivity contribution < 1.29 is 19.5 Å². The summed E-state index contributed by atoms with van der Waals surface area (Å²) in [7, 11) is 0. The van der Waals surface area contributed by atoms with Crippen molar-refractivity contribution in [1.82, 2.24) is 14.5 Å². The third kappa shape index (κ3) is 2.19. The predicted molar refractivity (Wildman–Crippen MR) is 84.5 cm³/mol. The minimum Gasteiger partial charge on any atom is -0.480 e. The Morgan fingerprint density at radius 2 is 2.12 bits per heavy atom. The fraction of sp³-hybridized carbons (Fsp3) is 0.412. The van der Waals surface area contributed by atoms with Gasteiger partial charge in [-0.1, -0.05) is 0 Å². The maximum absolute atomic E-state index is 12.7. The highest BCUT2D eigenvalue weighted by molar-refractivity contribution is 6.05. The average Bonchev–Trinajstić information content (AvgIpc) is 3.04. The van der Waals surface area contributed by atoms with E-state index in [-0.39, 0.29) is 24.3 Å². The molecule has 1 N–H and O–H groups in total. The van der Waals surface area contributed by atoms with Gasteiger partial charge in [-0.05, 0) is 37.8 Å². The molecular weight excluding hydrogens is 310 g/mol. The van der Waals surface area contributed by atoms with Gasteiger partial charge in [-0.25, -0.2) is 4.79 Å². The molecule has 1 saturated carbocycles. The van der Waals surface area contributed by atoms with Gasteiger partial charge in [0.1, 0.15) is 12.6 Å². The number of likely N-dealkylation sites (tertiary alicyclic amines) is 1. The molecule has 3 heterocycles. The number of hydrogen-bond acceptors (Lipinski definition) is 4. The van der Waals surface area contributed by atoms with Crippen LogP contribution in [0.1, 0.15) is 30.1 Å². The Kier molecular flexibility index (Phi) is 3.19. The zero-order valence-electron chi connectivity index (χ0n) is 13.2. The van der Waals surface area contributed by atoms with E-state index in [1.54, 1.807) is 29.1 Å². The van der Waals surface area contributed by atoms with E-state index >= 15 is 0 Å². The van der Waals surface area contributed by atoms with Gasteiger partial charge >= 0.3 is 5.97 Å². The molecule has 124 valence electrons. The van der Waals surface area contributed by atoms with Crippen molar-refractivity contribution in [2.75, 3.05) is 0 Å². The van der Waals surface area contributed by atoms with Crippen LogP contribution in [0.3, 0.4) is 0 Å². The summed E-state index contributed by atoms with van der Waals surface area (Å²) < 4.78 is 1.69. The summed E-state index contributed by atoms with van der Waals surface area (Å²) in [5, 5.41) is 9.33. The molecule has 1 aliphatic heterocycles. The molecule has 2 aliphatic rings. The molecule has 0 bridgehead atoms. The summed E-state index contributed by atoms with van der Waals surface area (Å²) in [6.07, 6.45) is 4.67. The SMILES string of the molecule is CC(=O)c1cn(CC(=O)N2[C@@H]3C[C@@H]3C[C@H]2C(=O)O)c2cccnc12. The van der Waals surface area contributed by atoms with Crippen molar-refractivity contribution in [2.45, 2.75) is 38.4 Å². The Hall–Kier alpha value is -2.70. The second kappa shape index (κ2) is 5.15. The number of hydrogen-bond donors (Lipinski definition) is 1. The lowest BCUT2D eigenvalue weighted by Crippen LogP contribution is -2.44.